The fourth-order valence-corrected chi connectivity index (χ4v) is 4.90. The van der Waals surface area contributed by atoms with E-state index in [2.05, 4.69) is 25.6 Å². The maximum atomic E-state index is 12.8. The van der Waals surface area contributed by atoms with Gasteiger partial charge in [0.15, 0.2) is 23.0 Å². The van der Waals surface area contributed by atoms with Crippen LogP contribution in [-0.4, -0.2) is 34.7 Å². The summed E-state index contributed by atoms with van der Waals surface area (Å²) in [5.74, 6) is 2.29. The molecule has 1 N–H and O–H groups in total. The third kappa shape index (κ3) is 5.24. The maximum absolute atomic E-state index is 12.8. The van der Waals surface area contributed by atoms with Gasteiger partial charge in [0, 0.05) is 28.2 Å². The molecular weight excluding hydrogens is 560 g/mol. The molecular formula is C24H20BrClN2O6S. The summed E-state index contributed by atoms with van der Waals surface area (Å²) in [6, 6.07) is 14.3. The lowest BCUT2D eigenvalue weighted by molar-refractivity contribution is 0.355. The van der Waals surface area contributed by atoms with Gasteiger partial charge in [0.05, 0.1) is 42.5 Å². The Labute approximate surface area is 215 Å². The van der Waals surface area contributed by atoms with Crippen LogP contribution in [-0.2, 0) is 10.0 Å². The van der Waals surface area contributed by atoms with Crippen molar-refractivity contribution >= 4 is 54.1 Å². The van der Waals surface area contributed by atoms with E-state index >= 15 is 0 Å². The highest BCUT2D eigenvalue weighted by molar-refractivity contribution is 9.10. The van der Waals surface area contributed by atoms with Crippen molar-refractivity contribution in [2.45, 2.75) is 4.90 Å². The lowest BCUT2D eigenvalue weighted by Gasteiger charge is -2.15. The van der Waals surface area contributed by atoms with E-state index < -0.39 is 10.0 Å². The summed E-state index contributed by atoms with van der Waals surface area (Å²) in [7, 11) is 0.687. The van der Waals surface area contributed by atoms with E-state index in [9.17, 15) is 8.42 Å². The monoisotopic (exact) mass is 578 g/mol. The zero-order valence-electron chi connectivity index (χ0n) is 18.8. The number of sulfonamides is 1. The standard InChI is InChI=1S/C24H20BrClN2O6S/c1-31-22-10-14(28-35(29,30)15-5-6-17(25)18(26)11-15)4-7-21(22)34-20-8-9-27-19-13-24(33-3)23(32-2)12-16(19)20/h4-13,28H,1-3H3. The van der Waals surface area contributed by atoms with Crippen LogP contribution in [0.25, 0.3) is 10.9 Å². The Balaban J connectivity index is 1.65. The normalized spacial score (nSPS) is 11.2. The van der Waals surface area contributed by atoms with Gasteiger partial charge >= 0.3 is 0 Å². The fourth-order valence-electron chi connectivity index (χ4n) is 3.33. The Morgan fingerprint density at radius 2 is 1.51 bits per heavy atom. The Hall–Kier alpha value is -3.21. The van der Waals surface area contributed by atoms with Gasteiger partial charge in [0.1, 0.15) is 5.75 Å². The first-order chi connectivity index (χ1) is 16.7. The molecule has 1 aromatic heterocycles. The number of hydrogen-bond acceptors (Lipinski definition) is 7. The molecule has 0 atom stereocenters. The van der Waals surface area contributed by atoms with E-state index in [-0.39, 0.29) is 9.92 Å². The Kier molecular flexibility index (Phi) is 7.25. The third-order valence-corrected chi connectivity index (χ3v) is 7.66. The highest BCUT2D eigenvalue weighted by Crippen LogP contribution is 2.40. The molecule has 0 aliphatic carbocycles. The molecule has 4 aromatic rings. The van der Waals surface area contributed by atoms with Gasteiger partial charge < -0.3 is 18.9 Å². The molecule has 35 heavy (non-hydrogen) atoms. The molecule has 0 fully saturated rings. The topological polar surface area (TPSA) is 96.0 Å². The van der Waals surface area contributed by atoms with E-state index in [1.807, 2.05) is 0 Å². The second-order valence-electron chi connectivity index (χ2n) is 7.18. The molecule has 0 unspecified atom stereocenters. The minimum Gasteiger partial charge on any atom is -0.493 e. The molecule has 1 heterocycles. The number of benzene rings is 3. The molecule has 0 amide bonds. The second-order valence-corrected chi connectivity index (χ2v) is 10.1. The van der Waals surface area contributed by atoms with Gasteiger partial charge in [-0.05, 0) is 58.4 Å². The summed E-state index contributed by atoms with van der Waals surface area (Å²) in [4.78, 5) is 4.39. The van der Waals surface area contributed by atoms with Crippen LogP contribution in [0.1, 0.15) is 0 Å². The molecule has 182 valence electrons. The van der Waals surface area contributed by atoms with Crippen LogP contribution in [0.4, 0.5) is 5.69 Å². The minimum atomic E-state index is -3.88. The van der Waals surface area contributed by atoms with Gasteiger partial charge in [-0.2, -0.15) is 0 Å². The van der Waals surface area contributed by atoms with Gasteiger partial charge in [-0.3, -0.25) is 9.71 Å². The lowest BCUT2D eigenvalue weighted by Crippen LogP contribution is -2.13. The Bertz CT molecular complexity index is 1510. The number of nitrogens with zero attached hydrogens (tertiary/aromatic N) is 1. The van der Waals surface area contributed by atoms with Gasteiger partial charge in [-0.1, -0.05) is 11.6 Å². The number of hydrogen-bond donors (Lipinski definition) is 1. The zero-order valence-corrected chi connectivity index (χ0v) is 22.0. The van der Waals surface area contributed by atoms with E-state index in [4.69, 9.17) is 30.5 Å². The van der Waals surface area contributed by atoms with Crippen molar-refractivity contribution in [3.05, 3.63) is 70.3 Å². The summed E-state index contributed by atoms with van der Waals surface area (Å²) in [6.45, 7) is 0. The summed E-state index contributed by atoms with van der Waals surface area (Å²) in [6.07, 6.45) is 1.61. The molecule has 11 heteroatoms. The molecule has 8 nitrogen and oxygen atoms in total. The first-order valence-electron chi connectivity index (χ1n) is 10.1. The van der Waals surface area contributed by atoms with Crippen molar-refractivity contribution in [1.29, 1.82) is 0 Å². The molecule has 0 bridgehead atoms. The average Bonchev–Trinajstić information content (AvgIpc) is 2.85. The minimum absolute atomic E-state index is 0.0256. The quantitative estimate of drug-likeness (QED) is 0.263. The number of nitrogens with one attached hydrogen (secondary N) is 1. The van der Waals surface area contributed by atoms with Crippen molar-refractivity contribution in [2.24, 2.45) is 0 Å². The van der Waals surface area contributed by atoms with E-state index in [0.717, 1.165) is 0 Å². The molecule has 0 aliphatic heterocycles. The number of rotatable bonds is 8. The van der Waals surface area contributed by atoms with Gasteiger partial charge in [-0.15, -0.1) is 0 Å². The van der Waals surface area contributed by atoms with Gasteiger partial charge in [-0.25, -0.2) is 8.42 Å². The first-order valence-corrected chi connectivity index (χ1v) is 12.8. The van der Waals surface area contributed by atoms with E-state index in [0.29, 0.717) is 49.8 Å². The number of methoxy groups -OCH3 is 3. The Morgan fingerprint density at radius 1 is 0.829 bits per heavy atom. The van der Waals surface area contributed by atoms with Crippen LogP contribution in [0.15, 0.2) is 70.2 Å². The van der Waals surface area contributed by atoms with Crippen LogP contribution in [0.2, 0.25) is 5.02 Å². The number of halogens is 2. The lowest BCUT2D eigenvalue weighted by atomic mass is 10.1. The van der Waals surface area contributed by atoms with Crippen molar-refractivity contribution in [1.82, 2.24) is 4.98 Å². The second kappa shape index (κ2) is 10.2. The van der Waals surface area contributed by atoms with Crippen LogP contribution >= 0.6 is 27.5 Å². The molecule has 0 saturated carbocycles. The summed E-state index contributed by atoms with van der Waals surface area (Å²) in [5.41, 5.74) is 0.941. The number of anilines is 1. The average molecular weight is 580 g/mol. The number of pyridine rings is 1. The molecule has 0 saturated heterocycles. The van der Waals surface area contributed by atoms with E-state index in [1.54, 1.807) is 56.8 Å². The largest absolute Gasteiger partial charge is 0.493 e. The van der Waals surface area contributed by atoms with Gasteiger partial charge in [0.2, 0.25) is 0 Å². The molecule has 0 spiro atoms. The third-order valence-electron chi connectivity index (χ3n) is 5.04. The zero-order chi connectivity index (χ0) is 25.2. The highest BCUT2D eigenvalue weighted by Gasteiger charge is 2.18. The SMILES string of the molecule is COc1cc2nccc(Oc3ccc(NS(=O)(=O)c4ccc(Br)c(Cl)c4)cc3OC)c2cc1OC. The Morgan fingerprint density at radius 3 is 2.20 bits per heavy atom. The van der Waals surface area contributed by atoms with Crippen LogP contribution < -0.4 is 23.7 Å². The number of aromatic nitrogens is 1. The summed E-state index contributed by atoms with van der Waals surface area (Å²) in [5, 5.41) is 0.983. The van der Waals surface area contributed by atoms with Crippen LogP contribution in [0.3, 0.4) is 0 Å². The maximum Gasteiger partial charge on any atom is 0.261 e. The molecule has 0 aliphatic rings. The molecule has 0 radical (unpaired) electrons. The number of ether oxygens (including phenoxy) is 4. The molecule has 3 aromatic carbocycles. The van der Waals surface area contributed by atoms with Crippen LogP contribution in [0, 0.1) is 0 Å². The van der Waals surface area contributed by atoms with Crippen molar-refractivity contribution in [2.75, 3.05) is 26.1 Å². The predicted octanol–water partition coefficient (Wildman–Crippen LogP) is 6.27. The fraction of sp³-hybridized carbons (Fsp3) is 0.125. The summed E-state index contributed by atoms with van der Waals surface area (Å²) < 4.78 is 51.1. The highest BCUT2D eigenvalue weighted by atomic mass is 79.9. The number of fused-ring (bicyclic) bond motifs is 1. The van der Waals surface area contributed by atoms with Crippen molar-refractivity contribution < 1.29 is 27.4 Å². The van der Waals surface area contributed by atoms with Gasteiger partial charge in [0.25, 0.3) is 10.0 Å². The van der Waals surface area contributed by atoms with Crippen LogP contribution in [0.5, 0.6) is 28.7 Å². The first kappa shape index (κ1) is 24.9. The van der Waals surface area contributed by atoms with Crippen molar-refractivity contribution in [3.8, 4) is 28.7 Å². The van der Waals surface area contributed by atoms with E-state index in [1.165, 1.54) is 25.3 Å². The summed E-state index contributed by atoms with van der Waals surface area (Å²) >= 11 is 9.30. The molecule has 4 rings (SSSR count). The smallest absolute Gasteiger partial charge is 0.261 e. The predicted molar refractivity (Wildman–Crippen MR) is 138 cm³/mol. The van der Waals surface area contributed by atoms with Crippen molar-refractivity contribution in [3.63, 3.8) is 0 Å².